The number of hydrogen-bond acceptors (Lipinski definition) is 5. The lowest BCUT2D eigenvalue weighted by Gasteiger charge is -2.45. The van der Waals surface area contributed by atoms with Gasteiger partial charge in [0.1, 0.15) is 23.4 Å². The largest absolute Gasteiger partial charge is 0.332 e. The van der Waals surface area contributed by atoms with Crippen LogP contribution in [0.5, 0.6) is 0 Å². The second-order valence-electron chi connectivity index (χ2n) is 14.2. The van der Waals surface area contributed by atoms with Gasteiger partial charge in [-0.1, -0.05) is 54.1 Å². The summed E-state index contributed by atoms with van der Waals surface area (Å²) >= 11 is 6.44. The van der Waals surface area contributed by atoms with Crippen LogP contribution < -0.4 is 0 Å². The minimum absolute atomic E-state index is 0.0194. The lowest BCUT2D eigenvalue weighted by atomic mass is 9.86. The van der Waals surface area contributed by atoms with E-state index in [1.807, 2.05) is 35.3 Å². The van der Waals surface area contributed by atoms with Crippen molar-refractivity contribution in [2.24, 2.45) is 11.8 Å². The fourth-order valence-electron chi connectivity index (χ4n) is 9.20. The highest BCUT2D eigenvalue weighted by atomic mass is 35.5. The Labute approximate surface area is 275 Å². The van der Waals surface area contributed by atoms with Crippen LogP contribution in [0.2, 0.25) is 5.02 Å². The molecule has 4 saturated heterocycles. The first-order valence-electron chi connectivity index (χ1n) is 17.0. The van der Waals surface area contributed by atoms with Gasteiger partial charge in [-0.15, -0.1) is 0 Å². The zero-order valence-electron chi connectivity index (χ0n) is 26.6. The smallest absolute Gasteiger partial charge is 0.253 e. The molecule has 10 heteroatoms. The van der Waals surface area contributed by atoms with E-state index in [1.165, 1.54) is 6.92 Å². The zero-order valence-corrected chi connectivity index (χ0v) is 27.4. The fourth-order valence-corrected chi connectivity index (χ4v) is 9.41. The van der Waals surface area contributed by atoms with Crippen molar-refractivity contribution < 1.29 is 24.0 Å². The van der Waals surface area contributed by atoms with Crippen LogP contribution in [0, 0.1) is 11.8 Å². The summed E-state index contributed by atoms with van der Waals surface area (Å²) in [5, 5.41) is 0.538. The molecule has 1 unspecified atom stereocenters. The van der Waals surface area contributed by atoms with Gasteiger partial charge < -0.3 is 24.4 Å². The van der Waals surface area contributed by atoms with Gasteiger partial charge in [0.15, 0.2) is 0 Å². The van der Waals surface area contributed by atoms with Gasteiger partial charge in [0, 0.05) is 42.4 Å². The van der Waals surface area contributed by atoms with E-state index >= 15 is 0 Å². The van der Waals surface area contributed by atoms with E-state index in [-0.39, 0.29) is 59.9 Å². The van der Waals surface area contributed by atoms with Crippen LogP contribution in [0.15, 0.2) is 48.6 Å². The number of nitrogens with zero attached hydrogens (tertiary/aromatic N) is 4. The predicted molar refractivity (Wildman–Crippen MR) is 172 cm³/mol. The summed E-state index contributed by atoms with van der Waals surface area (Å²) in [5.74, 6) is -1.38. The molecule has 6 aliphatic rings. The van der Waals surface area contributed by atoms with Gasteiger partial charge in [0.25, 0.3) is 5.91 Å². The number of likely N-dealkylation sites (tertiary alicyclic amines) is 2. The topological polar surface area (TPSA) is 98.3 Å². The molecule has 1 aromatic rings. The molecule has 1 spiro atoms. The van der Waals surface area contributed by atoms with Gasteiger partial charge >= 0.3 is 0 Å². The standard InChI is InChI=1S/C36H43ClN4O5/c1-22-8-10-27-11-9-24-15-19-38(31(24)34(45)40(22)27)33(44)30-13-12-28-14-17-36(35(46)41(28)30)16-5-18-39(36)32(43)26(20-23(2)42)21-25-6-3-4-7-29(25)37/h3-4,6-7,9,11,14,17,22,24,26-28,30-31H,5,8,10,12-13,15-16,18-21H2,1-2H3/t22-,24+,26?,27-,28+,30+,31+,36-/m1/s1. The van der Waals surface area contributed by atoms with E-state index in [0.29, 0.717) is 50.2 Å². The molecule has 0 saturated carbocycles. The SMILES string of the molecule is CC(=O)CC(Cc1ccccc1Cl)C(=O)N1CCC[C@]12C=C[C@@H]1CC[C@@H](C(=O)N3CC[C@@H]4C=C[C@H]5CC[C@@H](C)N5C(=O)[C@H]43)N1C2=O. The normalized spacial score (nSPS) is 33.8. The monoisotopic (exact) mass is 646 g/mol. The van der Waals surface area contributed by atoms with Gasteiger partial charge in [-0.3, -0.25) is 19.2 Å². The summed E-state index contributed by atoms with van der Waals surface area (Å²) in [4.78, 5) is 76.7. The summed E-state index contributed by atoms with van der Waals surface area (Å²) < 4.78 is 0. The summed E-state index contributed by atoms with van der Waals surface area (Å²) in [6.07, 6.45) is 13.4. The second kappa shape index (κ2) is 12.0. The Balaban J connectivity index is 1.14. The number of rotatable bonds is 6. The number of halogens is 1. The highest BCUT2D eigenvalue weighted by Gasteiger charge is 2.58. The van der Waals surface area contributed by atoms with Crippen molar-refractivity contribution in [3.63, 3.8) is 0 Å². The highest BCUT2D eigenvalue weighted by Crippen LogP contribution is 2.43. The van der Waals surface area contributed by atoms with Crippen LogP contribution in [0.1, 0.15) is 70.8 Å². The summed E-state index contributed by atoms with van der Waals surface area (Å²) in [5.41, 5.74) is -0.409. The molecule has 244 valence electrons. The van der Waals surface area contributed by atoms with Crippen molar-refractivity contribution in [1.82, 2.24) is 19.6 Å². The first-order chi connectivity index (χ1) is 22.1. The molecule has 7 rings (SSSR count). The first-order valence-corrected chi connectivity index (χ1v) is 17.4. The molecular formula is C36H43ClN4O5. The Kier molecular flexibility index (Phi) is 8.10. The van der Waals surface area contributed by atoms with Crippen LogP contribution in [-0.4, -0.2) is 97.8 Å². The molecule has 4 amide bonds. The highest BCUT2D eigenvalue weighted by molar-refractivity contribution is 6.31. The number of hydrogen-bond donors (Lipinski definition) is 0. The molecule has 6 heterocycles. The number of amides is 4. The van der Waals surface area contributed by atoms with E-state index in [4.69, 9.17) is 11.6 Å². The maximum atomic E-state index is 14.7. The Morgan fingerprint density at radius 2 is 1.72 bits per heavy atom. The van der Waals surface area contributed by atoms with Gasteiger partial charge in [0.05, 0.1) is 12.1 Å². The number of fused-ring (bicyclic) bond motifs is 3. The third kappa shape index (κ3) is 5.00. The van der Waals surface area contributed by atoms with Crippen molar-refractivity contribution in [2.75, 3.05) is 13.1 Å². The number of Topliss-reactive ketones (excluding diaryl/α,β-unsaturated/α-hetero) is 1. The van der Waals surface area contributed by atoms with E-state index in [0.717, 1.165) is 24.8 Å². The molecule has 0 radical (unpaired) electrons. The minimum atomic E-state index is -1.20. The summed E-state index contributed by atoms with van der Waals surface area (Å²) in [7, 11) is 0. The van der Waals surface area contributed by atoms with E-state index in [1.54, 1.807) is 20.8 Å². The Morgan fingerprint density at radius 3 is 2.50 bits per heavy atom. The average Bonchev–Trinajstić information content (AvgIpc) is 3.81. The predicted octanol–water partition coefficient (Wildman–Crippen LogP) is 3.93. The molecule has 0 N–H and O–H groups in total. The molecule has 1 aromatic carbocycles. The molecule has 0 bridgehead atoms. The molecule has 8 atom stereocenters. The fraction of sp³-hybridized carbons (Fsp3) is 0.583. The van der Waals surface area contributed by atoms with E-state index in [9.17, 15) is 24.0 Å². The molecule has 46 heavy (non-hydrogen) atoms. The summed E-state index contributed by atoms with van der Waals surface area (Å²) in [6.45, 7) is 4.44. The van der Waals surface area contributed by atoms with Gasteiger partial charge in [0.2, 0.25) is 17.7 Å². The van der Waals surface area contributed by atoms with Gasteiger partial charge in [-0.05, 0) is 76.8 Å². The Hall–Kier alpha value is -3.46. The van der Waals surface area contributed by atoms with Crippen molar-refractivity contribution >= 4 is 41.0 Å². The first kappa shape index (κ1) is 31.2. The number of benzene rings is 1. The van der Waals surface area contributed by atoms with Crippen molar-refractivity contribution in [2.45, 2.75) is 107 Å². The molecule has 9 nitrogen and oxygen atoms in total. The third-order valence-corrected chi connectivity index (χ3v) is 11.8. The average molecular weight is 647 g/mol. The van der Waals surface area contributed by atoms with Crippen LogP contribution in [0.25, 0.3) is 0 Å². The van der Waals surface area contributed by atoms with E-state index in [2.05, 4.69) is 19.1 Å². The minimum Gasteiger partial charge on any atom is -0.332 e. The molecule has 6 aliphatic heterocycles. The second-order valence-corrected chi connectivity index (χ2v) is 14.6. The zero-order chi connectivity index (χ0) is 32.3. The molecule has 4 fully saturated rings. The maximum absolute atomic E-state index is 14.7. The number of carbonyl (C=O) groups excluding carboxylic acids is 5. The van der Waals surface area contributed by atoms with Crippen molar-refractivity contribution in [1.29, 1.82) is 0 Å². The maximum Gasteiger partial charge on any atom is 0.253 e. The summed E-state index contributed by atoms with van der Waals surface area (Å²) in [6, 6.07) is 6.09. The van der Waals surface area contributed by atoms with Crippen LogP contribution in [0.3, 0.4) is 0 Å². The lowest BCUT2D eigenvalue weighted by Crippen LogP contribution is -2.64. The molecule has 0 aliphatic carbocycles. The Bertz CT molecular complexity index is 1520. The Morgan fingerprint density at radius 1 is 0.957 bits per heavy atom. The molecular weight excluding hydrogens is 604 g/mol. The lowest BCUT2D eigenvalue weighted by molar-refractivity contribution is -0.157. The van der Waals surface area contributed by atoms with Crippen LogP contribution >= 0.6 is 11.6 Å². The van der Waals surface area contributed by atoms with Crippen LogP contribution in [-0.2, 0) is 30.4 Å². The van der Waals surface area contributed by atoms with Crippen molar-refractivity contribution in [3.8, 4) is 0 Å². The van der Waals surface area contributed by atoms with E-state index < -0.39 is 23.5 Å². The van der Waals surface area contributed by atoms with Crippen LogP contribution in [0.4, 0.5) is 0 Å². The quantitative estimate of drug-likeness (QED) is 0.437. The number of carbonyl (C=O) groups is 5. The van der Waals surface area contributed by atoms with Gasteiger partial charge in [-0.25, -0.2) is 0 Å². The van der Waals surface area contributed by atoms with Gasteiger partial charge in [-0.2, -0.15) is 0 Å². The third-order valence-electron chi connectivity index (χ3n) is 11.4. The molecule has 0 aromatic heterocycles. The van der Waals surface area contributed by atoms with Crippen molar-refractivity contribution in [3.05, 3.63) is 59.2 Å². The number of ketones is 1.